The minimum absolute atomic E-state index is 0.0842. The van der Waals surface area contributed by atoms with Crippen LogP contribution in [-0.2, 0) is 9.53 Å². The standard InChI is InChI=1S/C10H18N2O4/c1-6(5-16-2)11-10(15)12-8(9(13)14)7-3-4-7/h6-8H,3-5H2,1-2H3,(H,13,14)(H2,11,12,15). The maximum atomic E-state index is 11.4. The smallest absolute Gasteiger partial charge is 0.326 e. The van der Waals surface area contributed by atoms with Crippen LogP contribution < -0.4 is 10.6 Å². The second kappa shape index (κ2) is 5.69. The minimum atomic E-state index is -0.975. The first-order valence-electron chi connectivity index (χ1n) is 5.33. The molecule has 0 aromatic rings. The number of carboxylic acids is 1. The zero-order chi connectivity index (χ0) is 12.1. The van der Waals surface area contributed by atoms with Gasteiger partial charge in [-0.3, -0.25) is 0 Å². The zero-order valence-electron chi connectivity index (χ0n) is 9.53. The summed E-state index contributed by atoms with van der Waals surface area (Å²) in [6, 6.07) is -1.36. The van der Waals surface area contributed by atoms with Crippen molar-refractivity contribution in [1.82, 2.24) is 10.6 Å². The van der Waals surface area contributed by atoms with Crippen molar-refractivity contribution in [2.75, 3.05) is 13.7 Å². The molecule has 0 spiro atoms. The Balaban J connectivity index is 2.33. The summed E-state index contributed by atoms with van der Waals surface area (Å²) in [5.74, 6) is -0.891. The van der Waals surface area contributed by atoms with Gasteiger partial charge in [-0.1, -0.05) is 0 Å². The molecule has 1 aliphatic rings. The Morgan fingerprint density at radius 3 is 2.50 bits per heavy atom. The van der Waals surface area contributed by atoms with Gasteiger partial charge in [-0.15, -0.1) is 0 Å². The monoisotopic (exact) mass is 230 g/mol. The van der Waals surface area contributed by atoms with Crippen LogP contribution in [0.25, 0.3) is 0 Å². The summed E-state index contributed by atoms with van der Waals surface area (Å²) in [4.78, 5) is 22.3. The van der Waals surface area contributed by atoms with Crippen LogP contribution in [0.15, 0.2) is 0 Å². The molecule has 3 N–H and O–H groups in total. The lowest BCUT2D eigenvalue weighted by Gasteiger charge is -2.17. The fourth-order valence-electron chi connectivity index (χ4n) is 1.51. The lowest BCUT2D eigenvalue weighted by atomic mass is 10.2. The molecular weight excluding hydrogens is 212 g/mol. The average Bonchev–Trinajstić information content (AvgIpc) is 2.97. The number of carboxylic acid groups (broad SMARTS) is 1. The Hall–Kier alpha value is -1.30. The highest BCUT2D eigenvalue weighted by Crippen LogP contribution is 2.32. The maximum Gasteiger partial charge on any atom is 0.326 e. The van der Waals surface area contributed by atoms with E-state index in [2.05, 4.69) is 10.6 Å². The van der Waals surface area contributed by atoms with Crippen LogP contribution in [0.3, 0.4) is 0 Å². The predicted molar refractivity (Wildman–Crippen MR) is 57.2 cm³/mol. The van der Waals surface area contributed by atoms with Crippen LogP contribution in [0.2, 0.25) is 0 Å². The number of hydrogen-bond acceptors (Lipinski definition) is 3. The first kappa shape index (κ1) is 12.8. The van der Waals surface area contributed by atoms with Crippen molar-refractivity contribution in [2.45, 2.75) is 31.8 Å². The first-order chi connectivity index (χ1) is 7.54. The highest BCUT2D eigenvalue weighted by atomic mass is 16.5. The molecule has 92 valence electrons. The van der Waals surface area contributed by atoms with Gasteiger partial charge in [-0.05, 0) is 25.7 Å². The number of hydrogen-bond donors (Lipinski definition) is 3. The zero-order valence-corrected chi connectivity index (χ0v) is 9.53. The molecule has 0 aromatic carbocycles. The molecule has 1 fully saturated rings. The number of aliphatic carboxylic acids is 1. The Kier molecular flexibility index (Phi) is 4.54. The second-order valence-electron chi connectivity index (χ2n) is 4.13. The van der Waals surface area contributed by atoms with Crippen LogP contribution in [-0.4, -0.2) is 42.9 Å². The van der Waals surface area contributed by atoms with E-state index in [1.54, 1.807) is 14.0 Å². The van der Waals surface area contributed by atoms with Gasteiger partial charge in [0.05, 0.1) is 12.6 Å². The third kappa shape index (κ3) is 4.06. The quantitative estimate of drug-likeness (QED) is 0.607. The fourth-order valence-corrected chi connectivity index (χ4v) is 1.51. The summed E-state index contributed by atoms with van der Waals surface area (Å²) in [5.41, 5.74) is 0. The van der Waals surface area contributed by atoms with Crippen LogP contribution >= 0.6 is 0 Å². The fraction of sp³-hybridized carbons (Fsp3) is 0.800. The molecular formula is C10H18N2O4. The van der Waals surface area contributed by atoms with Crippen molar-refractivity contribution in [3.63, 3.8) is 0 Å². The molecule has 1 aliphatic carbocycles. The summed E-state index contributed by atoms with van der Waals surface area (Å²) >= 11 is 0. The molecule has 2 amide bonds. The van der Waals surface area contributed by atoms with Crippen molar-refractivity contribution in [3.05, 3.63) is 0 Å². The lowest BCUT2D eigenvalue weighted by molar-refractivity contribution is -0.139. The molecule has 0 heterocycles. The molecule has 0 saturated heterocycles. The number of nitrogens with one attached hydrogen (secondary N) is 2. The Labute approximate surface area is 94.3 Å². The van der Waals surface area contributed by atoms with Crippen molar-refractivity contribution < 1.29 is 19.4 Å². The van der Waals surface area contributed by atoms with E-state index >= 15 is 0 Å². The summed E-state index contributed by atoms with van der Waals surface area (Å²) < 4.78 is 4.86. The maximum absolute atomic E-state index is 11.4. The molecule has 2 atom stereocenters. The van der Waals surface area contributed by atoms with E-state index in [0.29, 0.717) is 6.61 Å². The molecule has 0 bridgehead atoms. The van der Waals surface area contributed by atoms with E-state index in [1.807, 2.05) is 0 Å². The van der Waals surface area contributed by atoms with E-state index in [4.69, 9.17) is 9.84 Å². The Morgan fingerprint density at radius 2 is 2.06 bits per heavy atom. The van der Waals surface area contributed by atoms with Crippen LogP contribution in [0, 0.1) is 5.92 Å². The van der Waals surface area contributed by atoms with Gasteiger partial charge in [0.15, 0.2) is 0 Å². The number of carbonyl (C=O) groups is 2. The number of carbonyl (C=O) groups excluding carboxylic acids is 1. The summed E-state index contributed by atoms with van der Waals surface area (Å²) in [6.07, 6.45) is 1.73. The van der Waals surface area contributed by atoms with Gasteiger partial charge in [0, 0.05) is 7.11 Å². The second-order valence-corrected chi connectivity index (χ2v) is 4.13. The molecule has 16 heavy (non-hydrogen) atoms. The molecule has 6 nitrogen and oxygen atoms in total. The van der Waals surface area contributed by atoms with Crippen LogP contribution in [0.5, 0.6) is 0 Å². The summed E-state index contributed by atoms with van der Waals surface area (Å²) in [7, 11) is 1.54. The van der Waals surface area contributed by atoms with Gasteiger partial charge in [0.25, 0.3) is 0 Å². The van der Waals surface area contributed by atoms with Crippen molar-refractivity contribution in [3.8, 4) is 0 Å². The molecule has 6 heteroatoms. The van der Waals surface area contributed by atoms with E-state index in [9.17, 15) is 9.59 Å². The highest BCUT2D eigenvalue weighted by molar-refractivity contribution is 5.83. The van der Waals surface area contributed by atoms with Gasteiger partial charge in [0.1, 0.15) is 6.04 Å². The van der Waals surface area contributed by atoms with Gasteiger partial charge in [0.2, 0.25) is 0 Å². The Morgan fingerprint density at radius 1 is 1.44 bits per heavy atom. The summed E-state index contributed by atoms with van der Waals surface area (Å²) in [5, 5.41) is 14.0. The lowest BCUT2D eigenvalue weighted by Crippen LogP contribution is -2.50. The average molecular weight is 230 g/mol. The largest absolute Gasteiger partial charge is 0.480 e. The molecule has 0 radical (unpaired) electrons. The number of amides is 2. The number of methoxy groups -OCH3 is 1. The SMILES string of the molecule is COCC(C)NC(=O)NC(C(=O)O)C1CC1. The summed E-state index contributed by atoms with van der Waals surface area (Å²) in [6.45, 7) is 2.19. The van der Waals surface area contributed by atoms with Crippen LogP contribution in [0.1, 0.15) is 19.8 Å². The van der Waals surface area contributed by atoms with E-state index in [-0.39, 0.29) is 12.0 Å². The molecule has 2 unspecified atom stereocenters. The minimum Gasteiger partial charge on any atom is -0.480 e. The number of rotatable bonds is 6. The van der Waals surface area contributed by atoms with Crippen molar-refractivity contribution >= 4 is 12.0 Å². The number of urea groups is 1. The highest BCUT2D eigenvalue weighted by Gasteiger charge is 2.37. The number of ether oxygens (including phenoxy) is 1. The normalized spacial score (nSPS) is 18.6. The van der Waals surface area contributed by atoms with Crippen LogP contribution in [0.4, 0.5) is 4.79 Å². The third-order valence-electron chi connectivity index (χ3n) is 2.44. The molecule has 1 saturated carbocycles. The van der Waals surface area contributed by atoms with Gasteiger partial charge in [-0.25, -0.2) is 9.59 Å². The molecule has 0 aromatic heterocycles. The van der Waals surface area contributed by atoms with Crippen molar-refractivity contribution in [1.29, 1.82) is 0 Å². The predicted octanol–water partition coefficient (Wildman–Crippen LogP) is 0.184. The van der Waals surface area contributed by atoms with Crippen molar-refractivity contribution in [2.24, 2.45) is 5.92 Å². The van der Waals surface area contributed by atoms with Gasteiger partial charge < -0.3 is 20.5 Å². The van der Waals surface area contributed by atoms with E-state index in [1.165, 1.54) is 0 Å². The van der Waals surface area contributed by atoms with E-state index in [0.717, 1.165) is 12.8 Å². The first-order valence-corrected chi connectivity index (χ1v) is 5.33. The van der Waals surface area contributed by atoms with E-state index < -0.39 is 18.0 Å². The topological polar surface area (TPSA) is 87.7 Å². The Bertz CT molecular complexity index is 266. The molecule has 1 rings (SSSR count). The van der Waals surface area contributed by atoms with Gasteiger partial charge >= 0.3 is 12.0 Å². The third-order valence-corrected chi connectivity index (χ3v) is 2.44. The van der Waals surface area contributed by atoms with Gasteiger partial charge in [-0.2, -0.15) is 0 Å². The molecule has 0 aliphatic heterocycles.